The summed E-state index contributed by atoms with van der Waals surface area (Å²) in [5.41, 5.74) is -0.334. The van der Waals surface area contributed by atoms with Crippen molar-refractivity contribution in [2.45, 2.75) is 18.7 Å². The minimum absolute atomic E-state index is 0.0424. The predicted molar refractivity (Wildman–Crippen MR) is 110 cm³/mol. The van der Waals surface area contributed by atoms with Crippen LogP contribution in [0.1, 0.15) is 34.6 Å². The first-order chi connectivity index (χ1) is 13.0. The van der Waals surface area contributed by atoms with E-state index in [9.17, 15) is 22.6 Å². The highest BCUT2D eigenvalue weighted by molar-refractivity contribution is 7.86. The van der Waals surface area contributed by atoms with Crippen LogP contribution in [0.15, 0.2) is 71.7 Å². The number of hydrogen-bond acceptors (Lipinski definition) is 4. The van der Waals surface area contributed by atoms with Crippen molar-refractivity contribution in [2.75, 3.05) is 0 Å². The molecular formula is C22H18O5S. The van der Waals surface area contributed by atoms with E-state index < -0.39 is 26.6 Å². The molecule has 0 saturated carbocycles. The van der Waals surface area contributed by atoms with Crippen molar-refractivity contribution in [1.29, 1.82) is 0 Å². The van der Waals surface area contributed by atoms with E-state index in [2.05, 4.69) is 13.2 Å². The zero-order chi connectivity index (χ0) is 20.8. The van der Waals surface area contributed by atoms with Gasteiger partial charge in [0.25, 0.3) is 10.1 Å². The third-order valence-electron chi connectivity index (χ3n) is 4.46. The number of benzene rings is 3. The normalized spacial score (nSPS) is 11.5. The van der Waals surface area contributed by atoms with E-state index in [0.29, 0.717) is 5.39 Å². The summed E-state index contributed by atoms with van der Waals surface area (Å²) in [7, 11) is -4.83. The molecule has 28 heavy (non-hydrogen) atoms. The number of carbonyl (C=O) groups is 2. The molecule has 0 fully saturated rings. The van der Waals surface area contributed by atoms with Crippen LogP contribution in [0.5, 0.6) is 0 Å². The number of rotatable bonds is 5. The number of Topliss-reactive ketones (excluding diaryl/α,β-unsaturated/α-hetero) is 2. The van der Waals surface area contributed by atoms with Crippen LogP contribution in [0.3, 0.4) is 0 Å². The molecule has 3 aromatic rings. The Labute approximate surface area is 162 Å². The SMILES string of the molecule is C=C(C)C(=O)c1cc2cc3ccccc3cc2c(S(=O)(=O)O)c1C(=O)C(=C)C. The van der Waals surface area contributed by atoms with Crippen molar-refractivity contribution in [3.8, 4) is 0 Å². The number of carbonyl (C=O) groups excluding carboxylic acids is 2. The molecule has 0 amide bonds. The Kier molecular flexibility index (Phi) is 4.79. The van der Waals surface area contributed by atoms with Crippen molar-refractivity contribution in [3.63, 3.8) is 0 Å². The van der Waals surface area contributed by atoms with Gasteiger partial charge in [-0.3, -0.25) is 14.1 Å². The van der Waals surface area contributed by atoms with E-state index in [1.165, 1.54) is 19.9 Å². The van der Waals surface area contributed by atoms with Crippen molar-refractivity contribution in [2.24, 2.45) is 0 Å². The minimum Gasteiger partial charge on any atom is -0.289 e. The molecule has 0 unspecified atom stereocenters. The average molecular weight is 394 g/mol. The van der Waals surface area contributed by atoms with Crippen LogP contribution < -0.4 is 0 Å². The molecule has 6 heteroatoms. The Morgan fingerprint density at radius 3 is 1.89 bits per heavy atom. The van der Waals surface area contributed by atoms with Crippen LogP contribution in [0, 0.1) is 0 Å². The monoisotopic (exact) mass is 394 g/mol. The van der Waals surface area contributed by atoms with Gasteiger partial charge in [-0.2, -0.15) is 8.42 Å². The fraction of sp³-hybridized carbons (Fsp3) is 0.0909. The highest BCUT2D eigenvalue weighted by Gasteiger charge is 2.30. The first-order valence-electron chi connectivity index (χ1n) is 8.39. The molecule has 5 nitrogen and oxygen atoms in total. The van der Waals surface area contributed by atoms with E-state index in [4.69, 9.17) is 0 Å². The van der Waals surface area contributed by atoms with Gasteiger partial charge in [0, 0.05) is 10.9 Å². The maximum absolute atomic E-state index is 12.8. The van der Waals surface area contributed by atoms with Crippen LogP contribution in [0.25, 0.3) is 21.5 Å². The lowest BCUT2D eigenvalue weighted by Gasteiger charge is -2.16. The molecule has 0 aliphatic carbocycles. The Hall–Kier alpha value is -3.09. The number of allylic oxidation sites excluding steroid dienone is 2. The van der Waals surface area contributed by atoms with Gasteiger partial charge in [0.2, 0.25) is 0 Å². The van der Waals surface area contributed by atoms with Crippen molar-refractivity contribution >= 4 is 43.2 Å². The molecular weight excluding hydrogens is 376 g/mol. The van der Waals surface area contributed by atoms with Gasteiger partial charge in [0.15, 0.2) is 11.6 Å². The zero-order valence-corrected chi connectivity index (χ0v) is 16.3. The summed E-state index contributed by atoms with van der Waals surface area (Å²) < 4.78 is 34.6. The topological polar surface area (TPSA) is 88.5 Å². The summed E-state index contributed by atoms with van der Waals surface area (Å²) in [6.07, 6.45) is 0. The lowest BCUT2D eigenvalue weighted by Crippen LogP contribution is -2.16. The number of ketones is 2. The Bertz CT molecular complexity index is 1310. The number of hydrogen-bond donors (Lipinski definition) is 1. The van der Waals surface area contributed by atoms with Gasteiger partial charge in [-0.05, 0) is 59.4 Å². The molecule has 0 spiro atoms. The van der Waals surface area contributed by atoms with Gasteiger partial charge in [0.05, 0.1) is 5.56 Å². The van der Waals surface area contributed by atoms with Crippen LogP contribution >= 0.6 is 0 Å². The van der Waals surface area contributed by atoms with Gasteiger partial charge in [-0.15, -0.1) is 0 Å². The minimum atomic E-state index is -4.83. The molecule has 0 aliphatic heterocycles. The Morgan fingerprint density at radius 1 is 0.857 bits per heavy atom. The zero-order valence-electron chi connectivity index (χ0n) is 15.4. The highest BCUT2D eigenvalue weighted by atomic mass is 32.2. The summed E-state index contributed by atoms with van der Waals surface area (Å²) in [6, 6.07) is 12.0. The fourth-order valence-corrected chi connectivity index (χ4v) is 4.09. The summed E-state index contributed by atoms with van der Waals surface area (Å²) in [4.78, 5) is 24.9. The van der Waals surface area contributed by atoms with E-state index >= 15 is 0 Å². The van der Waals surface area contributed by atoms with Crippen LogP contribution in [-0.4, -0.2) is 24.5 Å². The van der Waals surface area contributed by atoms with Crippen molar-refractivity contribution in [1.82, 2.24) is 0 Å². The quantitative estimate of drug-likeness (QED) is 0.292. The van der Waals surface area contributed by atoms with E-state index in [1.807, 2.05) is 12.1 Å². The lowest BCUT2D eigenvalue weighted by atomic mass is 9.90. The largest absolute Gasteiger partial charge is 0.295 e. The third-order valence-corrected chi connectivity index (χ3v) is 5.40. The smallest absolute Gasteiger partial charge is 0.289 e. The molecule has 0 heterocycles. The number of fused-ring (bicyclic) bond motifs is 2. The maximum Gasteiger partial charge on any atom is 0.295 e. The molecule has 0 saturated heterocycles. The maximum atomic E-state index is 12.8. The fourth-order valence-electron chi connectivity index (χ4n) is 3.17. The molecule has 0 aromatic heterocycles. The first kappa shape index (κ1) is 19.7. The van der Waals surface area contributed by atoms with Gasteiger partial charge in [-0.25, -0.2) is 0 Å². The summed E-state index contributed by atoms with van der Waals surface area (Å²) in [5.74, 6) is -1.31. The molecule has 142 valence electrons. The van der Waals surface area contributed by atoms with Gasteiger partial charge in [0.1, 0.15) is 4.90 Å². The van der Waals surface area contributed by atoms with Gasteiger partial charge in [-0.1, -0.05) is 37.4 Å². The lowest BCUT2D eigenvalue weighted by molar-refractivity contribution is 0.0997. The average Bonchev–Trinajstić information content (AvgIpc) is 2.62. The molecule has 1 N–H and O–H groups in total. The van der Waals surface area contributed by atoms with Crippen LogP contribution in [0.2, 0.25) is 0 Å². The Balaban J connectivity index is 2.64. The predicted octanol–water partition coefficient (Wildman–Crippen LogP) is 4.76. The van der Waals surface area contributed by atoms with Gasteiger partial charge < -0.3 is 0 Å². The molecule has 0 atom stereocenters. The van der Waals surface area contributed by atoms with Crippen LogP contribution in [0.4, 0.5) is 0 Å². The third kappa shape index (κ3) is 3.28. The van der Waals surface area contributed by atoms with E-state index in [1.54, 1.807) is 24.3 Å². The molecule has 3 rings (SSSR count). The highest BCUT2D eigenvalue weighted by Crippen LogP contribution is 2.35. The second kappa shape index (κ2) is 6.82. The Morgan fingerprint density at radius 2 is 1.39 bits per heavy atom. The molecule has 0 bridgehead atoms. The molecule has 3 aromatic carbocycles. The second-order valence-electron chi connectivity index (χ2n) is 6.74. The van der Waals surface area contributed by atoms with E-state index in [-0.39, 0.29) is 27.7 Å². The summed E-state index contributed by atoms with van der Waals surface area (Å²) >= 11 is 0. The second-order valence-corrected chi connectivity index (χ2v) is 8.10. The molecule has 0 aliphatic rings. The first-order valence-corrected chi connectivity index (χ1v) is 9.83. The van der Waals surface area contributed by atoms with Gasteiger partial charge >= 0.3 is 0 Å². The standard InChI is InChI=1S/C22H18O5S/c1-12(2)20(23)18-11-16-9-14-7-5-6-8-15(14)10-17(16)22(28(25,26)27)19(18)21(24)13(3)4/h5-11H,1,3H2,2,4H3,(H,25,26,27). The van der Waals surface area contributed by atoms with E-state index in [0.717, 1.165) is 10.8 Å². The summed E-state index contributed by atoms with van der Waals surface area (Å²) in [5, 5.41) is 2.12. The van der Waals surface area contributed by atoms with Crippen LogP contribution in [-0.2, 0) is 10.1 Å². The van der Waals surface area contributed by atoms with Crippen molar-refractivity contribution in [3.05, 3.63) is 77.9 Å². The summed E-state index contributed by atoms with van der Waals surface area (Å²) in [6.45, 7) is 10.1. The van der Waals surface area contributed by atoms with Crippen molar-refractivity contribution < 1.29 is 22.6 Å². The molecule has 0 radical (unpaired) electrons.